The molecule has 1 heterocycles. The van der Waals surface area contributed by atoms with Crippen LogP contribution < -0.4 is 5.32 Å². The lowest BCUT2D eigenvalue weighted by molar-refractivity contribution is 0.116. The van der Waals surface area contributed by atoms with E-state index in [-0.39, 0.29) is 12.1 Å². The molecule has 1 aliphatic rings. The Labute approximate surface area is 106 Å². The van der Waals surface area contributed by atoms with Crippen molar-refractivity contribution in [2.24, 2.45) is 0 Å². The number of nitrogens with zero attached hydrogens (tertiary/aromatic N) is 2. The van der Waals surface area contributed by atoms with E-state index in [2.05, 4.69) is 15.3 Å². The summed E-state index contributed by atoms with van der Waals surface area (Å²) in [6, 6.07) is 7.91. The zero-order valence-electron chi connectivity index (χ0n) is 10.2. The van der Waals surface area contributed by atoms with Crippen LogP contribution >= 0.6 is 0 Å². The van der Waals surface area contributed by atoms with Crippen LogP contribution in [-0.2, 0) is 0 Å². The van der Waals surface area contributed by atoms with Crippen molar-refractivity contribution < 1.29 is 5.11 Å². The van der Waals surface area contributed by atoms with Crippen LogP contribution in [-0.4, -0.2) is 27.2 Å². The van der Waals surface area contributed by atoms with E-state index in [4.69, 9.17) is 0 Å². The van der Waals surface area contributed by atoms with Gasteiger partial charge in [0.15, 0.2) is 0 Å². The van der Waals surface area contributed by atoms with E-state index < -0.39 is 0 Å². The molecule has 1 fully saturated rings. The molecule has 0 spiro atoms. The molecule has 0 bridgehead atoms. The molecule has 18 heavy (non-hydrogen) atoms. The molecule has 0 saturated heterocycles. The maximum Gasteiger partial charge on any atom is 0.145 e. The predicted octanol–water partition coefficient (Wildman–Crippen LogP) is 2.35. The number of benzene rings is 1. The van der Waals surface area contributed by atoms with Crippen LogP contribution in [0.3, 0.4) is 0 Å². The Bertz CT molecular complexity index is 543. The maximum atomic E-state index is 9.93. The fourth-order valence-corrected chi connectivity index (χ4v) is 2.50. The topological polar surface area (TPSA) is 58.0 Å². The average molecular weight is 243 g/mol. The Morgan fingerprint density at radius 3 is 2.72 bits per heavy atom. The zero-order chi connectivity index (χ0) is 12.4. The second-order valence-electron chi connectivity index (χ2n) is 4.85. The molecular formula is C14H17N3O. The van der Waals surface area contributed by atoms with Crippen molar-refractivity contribution in [3.05, 3.63) is 30.5 Å². The van der Waals surface area contributed by atoms with Gasteiger partial charge in [0.25, 0.3) is 0 Å². The van der Waals surface area contributed by atoms with Crippen molar-refractivity contribution in [3.8, 4) is 0 Å². The van der Waals surface area contributed by atoms with Crippen molar-refractivity contribution in [2.45, 2.75) is 37.8 Å². The summed E-state index contributed by atoms with van der Waals surface area (Å²) in [4.78, 5) is 8.88. The highest BCUT2D eigenvalue weighted by molar-refractivity contribution is 5.75. The highest BCUT2D eigenvalue weighted by Gasteiger charge is 2.23. The van der Waals surface area contributed by atoms with E-state index in [1.165, 1.54) is 0 Å². The summed E-state index contributed by atoms with van der Waals surface area (Å²) in [5.41, 5.74) is 1.78. The first-order chi connectivity index (χ1) is 8.83. The number of aliphatic hydroxyl groups is 1. The third-order valence-corrected chi connectivity index (χ3v) is 3.51. The standard InChI is InChI=1S/C14H17N3O/c18-13-8-4-3-7-12(13)17-14-9-15-10-5-1-2-6-11(10)16-14/h1-2,5-6,9,12-13,18H,3-4,7-8H2,(H,16,17)/t12-,13+/m1/s1. The molecule has 1 saturated carbocycles. The smallest absolute Gasteiger partial charge is 0.145 e. The van der Waals surface area contributed by atoms with Gasteiger partial charge in [0.1, 0.15) is 5.82 Å². The summed E-state index contributed by atoms with van der Waals surface area (Å²) in [7, 11) is 0. The van der Waals surface area contributed by atoms with E-state index in [1.807, 2.05) is 24.3 Å². The largest absolute Gasteiger partial charge is 0.391 e. The quantitative estimate of drug-likeness (QED) is 0.850. The fraction of sp³-hybridized carbons (Fsp3) is 0.429. The molecule has 1 aliphatic carbocycles. The van der Waals surface area contributed by atoms with Gasteiger partial charge in [0, 0.05) is 0 Å². The van der Waals surface area contributed by atoms with E-state index >= 15 is 0 Å². The number of hydrogen-bond acceptors (Lipinski definition) is 4. The van der Waals surface area contributed by atoms with Gasteiger partial charge in [-0.25, -0.2) is 4.98 Å². The molecule has 0 amide bonds. The molecule has 4 heteroatoms. The Hall–Kier alpha value is -1.68. The summed E-state index contributed by atoms with van der Waals surface area (Å²) in [5.74, 6) is 0.750. The minimum Gasteiger partial charge on any atom is -0.391 e. The molecule has 0 unspecified atom stereocenters. The third-order valence-electron chi connectivity index (χ3n) is 3.51. The Balaban J connectivity index is 1.81. The number of para-hydroxylation sites is 2. The van der Waals surface area contributed by atoms with E-state index in [1.54, 1.807) is 6.20 Å². The summed E-state index contributed by atoms with van der Waals surface area (Å²) in [6.45, 7) is 0. The average Bonchev–Trinajstić information content (AvgIpc) is 2.41. The van der Waals surface area contributed by atoms with Crippen LogP contribution in [0.4, 0.5) is 5.82 Å². The van der Waals surface area contributed by atoms with Gasteiger partial charge < -0.3 is 10.4 Å². The number of anilines is 1. The zero-order valence-corrected chi connectivity index (χ0v) is 10.2. The minimum absolute atomic E-state index is 0.106. The summed E-state index contributed by atoms with van der Waals surface area (Å²) in [6.07, 6.45) is 5.61. The normalized spacial score (nSPS) is 24.1. The lowest BCUT2D eigenvalue weighted by atomic mass is 9.93. The van der Waals surface area contributed by atoms with Crippen molar-refractivity contribution in [1.82, 2.24) is 9.97 Å². The van der Waals surface area contributed by atoms with Gasteiger partial charge in [0.05, 0.1) is 29.4 Å². The second kappa shape index (κ2) is 4.90. The van der Waals surface area contributed by atoms with E-state index in [9.17, 15) is 5.11 Å². The van der Waals surface area contributed by atoms with E-state index in [0.717, 1.165) is 42.5 Å². The molecule has 0 aliphatic heterocycles. The number of aromatic nitrogens is 2. The van der Waals surface area contributed by atoms with Crippen LogP contribution in [0.15, 0.2) is 30.5 Å². The van der Waals surface area contributed by atoms with Crippen molar-refractivity contribution in [3.63, 3.8) is 0 Å². The summed E-state index contributed by atoms with van der Waals surface area (Å²) < 4.78 is 0. The van der Waals surface area contributed by atoms with Crippen molar-refractivity contribution in [2.75, 3.05) is 5.32 Å². The van der Waals surface area contributed by atoms with Gasteiger partial charge in [0.2, 0.25) is 0 Å². The summed E-state index contributed by atoms with van der Waals surface area (Å²) in [5, 5.41) is 13.2. The Morgan fingerprint density at radius 2 is 1.89 bits per heavy atom. The van der Waals surface area contributed by atoms with Gasteiger partial charge in [-0.3, -0.25) is 4.98 Å². The number of nitrogens with one attached hydrogen (secondary N) is 1. The maximum absolute atomic E-state index is 9.93. The Kier molecular flexibility index (Phi) is 3.11. The molecule has 1 aromatic carbocycles. The molecule has 1 aromatic heterocycles. The van der Waals surface area contributed by atoms with E-state index in [0.29, 0.717) is 0 Å². The van der Waals surface area contributed by atoms with Gasteiger partial charge in [-0.15, -0.1) is 0 Å². The van der Waals surface area contributed by atoms with Crippen molar-refractivity contribution >= 4 is 16.9 Å². The first-order valence-electron chi connectivity index (χ1n) is 6.49. The fourth-order valence-electron chi connectivity index (χ4n) is 2.50. The molecule has 0 radical (unpaired) electrons. The number of fused-ring (bicyclic) bond motifs is 1. The molecular weight excluding hydrogens is 226 g/mol. The van der Waals surface area contributed by atoms with Crippen LogP contribution in [0.1, 0.15) is 25.7 Å². The second-order valence-corrected chi connectivity index (χ2v) is 4.85. The number of aliphatic hydroxyl groups excluding tert-OH is 1. The van der Waals surface area contributed by atoms with Crippen LogP contribution in [0.25, 0.3) is 11.0 Å². The SMILES string of the molecule is O[C@H]1CCCC[C@H]1Nc1cnc2ccccc2n1. The van der Waals surface area contributed by atoms with Gasteiger partial charge in [-0.2, -0.15) is 0 Å². The van der Waals surface area contributed by atoms with Crippen molar-refractivity contribution in [1.29, 1.82) is 0 Å². The Morgan fingerprint density at radius 1 is 1.11 bits per heavy atom. The first-order valence-corrected chi connectivity index (χ1v) is 6.49. The molecule has 2 aromatic rings. The van der Waals surface area contributed by atoms with Gasteiger partial charge in [-0.05, 0) is 25.0 Å². The van der Waals surface area contributed by atoms with Crippen LogP contribution in [0, 0.1) is 0 Å². The first kappa shape index (κ1) is 11.4. The lowest BCUT2D eigenvalue weighted by Gasteiger charge is -2.28. The molecule has 2 atom stereocenters. The van der Waals surface area contributed by atoms with Crippen LogP contribution in [0.2, 0.25) is 0 Å². The van der Waals surface area contributed by atoms with Gasteiger partial charge >= 0.3 is 0 Å². The highest BCUT2D eigenvalue weighted by Crippen LogP contribution is 2.22. The molecule has 94 valence electrons. The minimum atomic E-state index is -0.271. The third kappa shape index (κ3) is 2.29. The molecule has 2 N–H and O–H groups in total. The van der Waals surface area contributed by atoms with Gasteiger partial charge in [-0.1, -0.05) is 25.0 Å². The molecule has 3 rings (SSSR count). The predicted molar refractivity (Wildman–Crippen MR) is 71.4 cm³/mol. The number of rotatable bonds is 2. The monoisotopic (exact) mass is 243 g/mol. The van der Waals surface area contributed by atoms with Crippen LogP contribution in [0.5, 0.6) is 0 Å². The lowest BCUT2D eigenvalue weighted by Crippen LogP contribution is -2.36. The summed E-state index contributed by atoms with van der Waals surface area (Å²) >= 11 is 0. The highest BCUT2D eigenvalue weighted by atomic mass is 16.3. The number of hydrogen-bond donors (Lipinski definition) is 2. The molecule has 4 nitrogen and oxygen atoms in total.